The number of aromatic nitrogens is 4. The molecular formula is C20H23N5O3. The Morgan fingerprint density at radius 2 is 2.04 bits per heavy atom. The number of methoxy groups -OCH3 is 1. The Bertz CT molecular complexity index is 1020. The smallest absolute Gasteiger partial charge is 0.272 e. The highest BCUT2D eigenvalue weighted by Gasteiger charge is 2.25. The van der Waals surface area contributed by atoms with Crippen LogP contribution in [0.5, 0.6) is 5.75 Å². The molecule has 0 spiro atoms. The Labute approximate surface area is 162 Å². The average molecular weight is 381 g/mol. The van der Waals surface area contributed by atoms with Crippen LogP contribution in [0.4, 0.5) is 0 Å². The SMILES string of the molecule is CCCn1nc(C(=O)N[C@H](c2ccccc2OC)c2nccn2C)ccc1=O. The van der Waals surface area contributed by atoms with Crippen LogP contribution in [0, 0.1) is 0 Å². The number of imidazole rings is 1. The van der Waals surface area contributed by atoms with Crippen molar-refractivity contribution in [3.63, 3.8) is 0 Å². The lowest BCUT2D eigenvalue weighted by molar-refractivity contribution is 0.0933. The number of carbonyl (C=O) groups excluding carboxylic acids is 1. The van der Waals surface area contributed by atoms with Crippen molar-refractivity contribution in [2.75, 3.05) is 7.11 Å². The highest BCUT2D eigenvalue weighted by molar-refractivity contribution is 5.92. The molecule has 146 valence electrons. The summed E-state index contributed by atoms with van der Waals surface area (Å²) in [6.07, 6.45) is 4.22. The van der Waals surface area contributed by atoms with Gasteiger partial charge in [0.2, 0.25) is 0 Å². The van der Waals surface area contributed by atoms with E-state index in [0.29, 0.717) is 18.1 Å². The van der Waals surface area contributed by atoms with Crippen LogP contribution in [-0.2, 0) is 13.6 Å². The van der Waals surface area contributed by atoms with Gasteiger partial charge in [0, 0.05) is 37.6 Å². The summed E-state index contributed by atoms with van der Waals surface area (Å²) in [6.45, 7) is 2.40. The molecule has 1 N–H and O–H groups in total. The van der Waals surface area contributed by atoms with Crippen LogP contribution in [0.15, 0.2) is 53.6 Å². The largest absolute Gasteiger partial charge is 0.496 e. The number of benzene rings is 1. The van der Waals surface area contributed by atoms with Crippen molar-refractivity contribution in [3.05, 3.63) is 76.2 Å². The molecule has 0 fully saturated rings. The third-order valence-corrected chi connectivity index (χ3v) is 4.38. The first-order chi connectivity index (χ1) is 13.5. The van der Waals surface area contributed by atoms with Gasteiger partial charge in [-0.2, -0.15) is 5.10 Å². The third-order valence-electron chi connectivity index (χ3n) is 4.38. The normalized spacial score (nSPS) is 11.8. The molecule has 8 heteroatoms. The zero-order valence-corrected chi connectivity index (χ0v) is 16.1. The molecule has 28 heavy (non-hydrogen) atoms. The lowest BCUT2D eigenvalue weighted by Crippen LogP contribution is -2.34. The molecule has 8 nitrogen and oxygen atoms in total. The first-order valence-electron chi connectivity index (χ1n) is 9.04. The van der Waals surface area contributed by atoms with Crippen LogP contribution in [0.25, 0.3) is 0 Å². The summed E-state index contributed by atoms with van der Waals surface area (Å²) >= 11 is 0. The standard InChI is InChI=1S/C20H23N5O3/c1-4-12-25-17(26)10-9-15(23-25)20(27)22-18(19-21-11-13-24(19)2)14-7-5-6-8-16(14)28-3/h5-11,13,18H,4,12H2,1-3H3,(H,22,27)/t18-/m1/s1. The van der Waals surface area contributed by atoms with Crippen molar-refractivity contribution in [2.24, 2.45) is 7.05 Å². The van der Waals surface area contributed by atoms with E-state index in [2.05, 4.69) is 15.4 Å². The van der Waals surface area contributed by atoms with Gasteiger partial charge in [-0.15, -0.1) is 0 Å². The maximum atomic E-state index is 12.9. The third kappa shape index (κ3) is 3.95. The van der Waals surface area contributed by atoms with E-state index >= 15 is 0 Å². The number of aryl methyl sites for hydroxylation is 2. The van der Waals surface area contributed by atoms with Gasteiger partial charge in [0.25, 0.3) is 11.5 Å². The first-order valence-corrected chi connectivity index (χ1v) is 9.04. The lowest BCUT2D eigenvalue weighted by atomic mass is 10.0. The summed E-state index contributed by atoms with van der Waals surface area (Å²) in [5.41, 5.74) is 0.709. The monoisotopic (exact) mass is 381 g/mol. The summed E-state index contributed by atoms with van der Waals surface area (Å²) < 4.78 is 8.60. The molecule has 0 bridgehead atoms. The van der Waals surface area contributed by atoms with E-state index < -0.39 is 11.9 Å². The first kappa shape index (κ1) is 19.3. The fourth-order valence-electron chi connectivity index (χ4n) is 2.99. The quantitative estimate of drug-likeness (QED) is 0.675. The van der Waals surface area contributed by atoms with Crippen molar-refractivity contribution < 1.29 is 9.53 Å². The van der Waals surface area contributed by atoms with Gasteiger partial charge in [-0.25, -0.2) is 9.67 Å². The Hall–Kier alpha value is -3.42. The van der Waals surface area contributed by atoms with Crippen molar-refractivity contribution in [1.29, 1.82) is 0 Å². The summed E-state index contributed by atoms with van der Waals surface area (Å²) in [6, 6.07) is 9.69. The maximum Gasteiger partial charge on any atom is 0.272 e. The van der Waals surface area contributed by atoms with Gasteiger partial charge in [-0.05, 0) is 18.6 Å². The highest BCUT2D eigenvalue weighted by atomic mass is 16.5. The van der Waals surface area contributed by atoms with E-state index in [0.717, 1.165) is 12.0 Å². The molecule has 0 aliphatic rings. The predicted octanol–water partition coefficient (Wildman–Crippen LogP) is 1.91. The Morgan fingerprint density at radius 3 is 2.71 bits per heavy atom. The zero-order valence-electron chi connectivity index (χ0n) is 16.1. The maximum absolute atomic E-state index is 12.9. The number of amides is 1. The van der Waals surface area contributed by atoms with E-state index in [1.807, 2.05) is 49.0 Å². The number of nitrogens with zero attached hydrogens (tertiary/aromatic N) is 4. The number of ether oxygens (including phenoxy) is 1. The summed E-state index contributed by atoms with van der Waals surface area (Å²) in [5, 5.41) is 7.16. The number of hydrogen-bond acceptors (Lipinski definition) is 5. The Balaban J connectivity index is 1.99. The van der Waals surface area contributed by atoms with Crippen LogP contribution in [-0.4, -0.2) is 32.3 Å². The van der Waals surface area contributed by atoms with Gasteiger partial charge in [-0.3, -0.25) is 9.59 Å². The van der Waals surface area contributed by atoms with E-state index in [4.69, 9.17) is 4.74 Å². The number of carbonyl (C=O) groups is 1. The van der Waals surface area contributed by atoms with Crippen molar-refractivity contribution in [3.8, 4) is 5.75 Å². The molecule has 0 aliphatic heterocycles. The summed E-state index contributed by atoms with van der Waals surface area (Å²) in [7, 11) is 3.44. The molecule has 3 aromatic rings. The van der Waals surface area contributed by atoms with Gasteiger partial charge in [0.05, 0.1) is 7.11 Å². The molecule has 1 aromatic carbocycles. The van der Waals surface area contributed by atoms with Crippen LogP contribution in [0.3, 0.4) is 0 Å². The highest BCUT2D eigenvalue weighted by Crippen LogP contribution is 2.29. The van der Waals surface area contributed by atoms with E-state index in [9.17, 15) is 9.59 Å². The van der Waals surface area contributed by atoms with Crippen molar-refractivity contribution in [2.45, 2.75) is 25.9 Å². The van der Waals surface area contributed by atoms with E-state index in [1.165, 1.54) is 16.8 Å². The minimum Gasteiger partial charge on any atom is -0.496 e. The average Bonchev–Trinajstić information content (AvgIpc) is 3.13. The van der Waals surface area contributed by atoms with E-state index in [-0.39, 0.29) is 11.3 Å². The predicted molar refractivity (Wildman–Crippen MR) is 104 cm³/mol. The molecule has 0 aliphatic carbocycles. The molecule has 3 rings (SSSR count). The molecule has 0 unspecified atom stereocenters. The number of rotatable bonds is 7. The van der Waals surface area contributed by atoms with Crippen molar-refractivity contribution >= 4 is 5.91 Å². The second-order valence-electron chi connectivity index (χ2n) is 6.32. The molecule has 1 atom stereocenters. The van der Waals surface area contributed by atoms with Gasteiger partial charge >= 0.3 is 0 Å². The second kappa shape index (κ2) is 8.51. The van der Waals surface area contributed by atoms with Gasteiger partial charge in [0.1, 0.15) is 23.3 Å². The summed E-state index contributed by atoms with van der Waals surface area (Å²) in [5.74, 6) is 0.892. The van der Waals surface area contributed by atoms with E-state index in [1.54, 1.807) is 13.3 Å². The second-order valence-corrected chi connectivity index (χ2v) is 6.32. The molecule has 2 heterocycles. The molecular weight excluding hydrogens is 358 g/mol. The molecule has 1 amide bonds. The van der Waals surface area contributed by atoms with Crippen LogP contribution >= 0.6 is 0 Å². The van der Waals surface area contributed by atoms with Gasteiger partial charge < -0.3 is 14.6 Å². The van der Waals surface area contributed by atoms with Crippen LogP contribution in [0.2, 0.25) is 0 Å². The van der Waals surface area contributed by atoms with Gasteiger partial charge in [-0.1, -0.05) is 25.1 Å². The summed E-state index contributed by atoms with van der Waals surface area (Å²) in [4.78, 5) is 29.2. The number of nitrogens with one attached hydrogen (secondary N) is 1. The minimum atomic E-state index is -0.544. The number of para-hydroxylation sites is 1. The molecule has 0 saturated heterocycles. The van der Waals surface area contributed by atoms with Crippen LogP contribution < -0.4 is 15.6 Å². The molecule has 0 radical (unpaired) electrons. The topological polar surface area (TPSA) is 91.0 Å². The van der Waals surface area contributed by atoms with Crippen LogP contribution in [0.1, 0.15) is 41.3 Å². The fraction of sp³-hybridized carbons (Fsp3) is 0.300. The minimum absolute atomic E-state index is 0.169. The van der Waals surface area contributed by atoms with Crippen molar-refractivity contribution in [1.82, 2.24) is 24.6 Å². The Kier molecular flexibility index (Phi) is 5.88. The van der Waals surface area contributed by atoms with Gasteiger partial charge in [0.15, 0.2) is 0 Å². The Morgan fingerprint density at radius 1 is 1.25 bits per heavy atom. The molecule has 2 aromatic heterocycles. The molecule has 0 saturated carbocycles. The lowest BCUT2D eigenvalue weighted by Gasteiger charge is -2.21. The number of hydrogen-bond donors (Lipinski definition) is 1. The fourth-order valence-corrected chi connectivity index (χ4v) is 2.99. The zero-order chi connectivity index (χ0) is 20.1.